The number of ether oxygens (including phenoxy) is 2. The Bertz CT molecular complexity index is 1070. The summed E-state index contributed by atoms with van der Waals surface area (Å²) in [7, 11) is 0. The average Bonchev–Trinajstić information content (AvgIpc) is 2.99. The highest BCUT2D eigenvalue weighted by Crippen LogP contribution is 2.41. The Morgan fingerprint density at radius 2 is 1.97 bits per heavy atom. The van der Waals surface area contributed by atoms with Crippen LogP contribution in [0.3, 0.4) is 0 Å². The quantitative estimate of drug-likeness (QED) is 0.345. The molecule has 0 bridgehead atoms. The largest absolute Gasteiger partial charge is 0.490 e. The maximum atomic E-state index is 13.2. The van der Waals surface area contributed by atoms with E-state index < -0.39 is 17.9 Å². The number of thioether (sulfide) groups is 1. The molecule has 3 rings (SSSR count). The highest BCUT2D eigenvalue weighted by atomic mass is 79.9. The Balaban J connectivity index is 1.97. The topological polar surface area (TPSA) is 76.1 Å². The number of carboxylic acid groups (broad SMARTS) is 1. The Morgan fingerprint density at radius 3 is 2.56 bits per heavy atom. The van der Waals surface area contributed by atoms with Crippen LogP contribution in [0.1, 0.15) is 37.9 Å². The molecule has 1 saturated heterocycles. The van der Waals surface area contributed by atoms with Gasteiger partial charge in [-0.05, 0) is 66.0 Å². The fourth-order valence-electron chi connectivity index (χ4n) is 3.18. The molecule has 1 atom stereocenters. The second-order valence-corrected chi connectivity index (χ2v) is 9.66. The monoisotopic (exact) mass is 535 g/mol. The van der Waals surface area contributed by atoms with Gasteiger partial charge in [0.05, 0.1) is 22.1 Å². The number of aliphatic carboxylic acids is 1. The molecule has 1 aliphatic rings. The van der Waals surface area contributed by atoms with E-state index in [9.17, 15) is 14.7 Å². The lowest BCUT2D eigenvalue weighted by Gasteiger charge is -2.23. The molecule has 2 aromatic rings. The highest BCUT2D eigenvalue weighted by molar-refractivity contribution is 9.10. The summed E-state index contributed by atoms with van der Waals surface area (Å²) in [5.74, 6) is -0.468. The maximum Gasteiger partial charge on any atom is 0.331 e. The summed E-state index contributed by atoms with van der Waals surface area (Å²) in [4.78, 5) is 26.7. The van der Waals surface area contributed by atoms with Crippen LogP contribution in [0.15, 0.2) is 51.8 Å². The smallest absolute Gasteiger partial charge is 0.331 e. The van der Waals surface area contributed by atoms with Crippen LogP contribution < -0.4 is 9.47 Å². The lowest BCUT2D eigenvalue weighted by atomic mass is 10.1. The third kappa shape index (κ3) is 5.33. The van der Waals surface area contributed by atoms with Gasteiger partial charge in [-0.2, -0.15) is 0 Å². The first-order valence-electron chi connectivity index (χ1n) is 9.90. The first-order chi connectivity index (χ1) is 15.2. The molecular formula is C23H22BrNO5S2. The molecule has 0 saturated carbocycles. The number of hydrogen-bond donors (Lipinski definition) is 1. The van der Waals surface area contributed by atoms with Crippen molar-refractivity contribution in [1.29, 1.82) is 0 Å². The molecule has 0 radical (unpaired) electrons. The summed E-state index contributed by atoms with van der Waals surface area (Å²) in [5.41, 5.74) is 1.18. The molecule has 1 N–H and O–H groups in total. The van der Waals surface area contributed by atoms with Crippen LogP contribution in [0.5, 0.6) is 11.5 Å². The summed E-state index contributed by atoms with van der Waals surface area (Å²) in [6.07, 6.45) is 1.63. The van der Waals surface area contributed by atoms with E-state index in [0.717, 1.165) is 16.7 Å². The van der Waals surface area contributed by atoms with Gasteiger partial charge in [0.1, 0.15) is 4.32 Å². The minimum absolute atomic E-state index is 0.0430. The van der Waals surface area contributed by atoms with E-state index in [0.29, 0.717) is 38.6 Å². The van der Waals surface area contributed by atoms with E-state index in [1.54, 1.807) is 42.5 Å². The van der Waals surface area contributed by atoms with Gasteiger partial charge >= 0.3 is 5.97 Å². The predicted molar refractivity (Wildman–Crippen MR) is 133 cm³/mol. The Labute approximate surface area is 204 Å². The van der Waals surface area contributed by atoms with E-state index in [2.05, 4.69) is 15.9 Å². The van der Waals surface area contributed by atoms with Gasteiger partial charge in [0, 0.05) is 0 Å². The van der Waals surface area contributed by atoms with Crippen LogP contribution in [-0.2, 0) is 9.59 Å². The van der Waals surface area contributed by atoms with Crippen molar-refractivity contribution in [3.8, 4) is 11.5 Å². The highest BCUT2D eigenvalue weighted by Gasteiger charge is 2.41. The molecule has 32 heavy (non-hydrogen) atoms. The second kappa shape index (κ2) is 10.5. The molecule has 168 valence electrons. The minimum atomic E-state index is -1.19. The van der Waals surface area contributed by atoms with Crippen molar-refractivity contribution in [2.75, 3.05) is 6.61 Å². The van der Waals surface area contributed by atoms with E-state index >= 15 is 0 Å². The zero-order valence-corrected chi connectivity index (χ0v) is 20.9. The Morgan fingerprint density at radius 1 is 1.28 bits per heavy atom. The van der Waals surface area contributed by atoms with Crippen LogP contribution in [0.2, 0.25) is 0 Å². The van der Waals surface area contributed by atoms with Crippen molar-refractivity contribution in [2.45, 2.75) is 32.9 Å². The van der Waals surface area contributed by atoms with Gasteiger partial charge in [-0.3, -0.25) is 9.69 Å². The van der Waals surface area contributed by atoms with Gasteiger partial charge in [0.15, 0.2) is 17.5 Å². The van der Waals surface area contributed by atoms with Crippen molar-refractivity contribution in [2.24, 2.45) is 0 Å². The average molecular weight is 536 g/mol. The first-order valence-corrected chi connectivity index (χ1v) is 11.9. The molecule has 1 heterocycles. The molecule has 0 spiro atoms. The molecule has 0 aliphatic carbocycles. The summed E-state index contributed by atoms with van der Waals surface area (Å²) < 4.78 is 12.5. The van der Waals surface area contributed by atoms with Crippen LogP contribution in [0.25, 0.3) is 6.08 Å². The number of carboxylic acids is 1. The molecule has 2 aromatic carbocycles. The lowest BCUT2D eigenvalue weighted by Crippen LogP contribution is -2.37. The van der Waals surface area contributed by atoms with Crippen LogP contribution in [0, 0.1) is 0 Å². The maximum absolute atomic E-state index is 13.2. The Hall–Kier alpha value is -2.36. The van der Waals surface area contributed by atoms with Gasteiger partial charge in [-0.25, -0.2) is 4.79 Å². The molecule has 1 aliphatic heterocycles. The van der Waals surface area contributed by atoms with Gasteiger partial charge in [0.25, 0.3) is 5.91 Å². The van der Waals surface area contributed by atoms with Crippen molar-refractivity contribution < 1.29 is 24.2 Å². The number of nitrogens with zero attached hydrogens (tertiary/aromatic N) is 1. The number of thiocarbonyl (C=S) groups is 1. The number of carbonyl (C=O) groups excluding carboxylic acids is 1. The zero-order valence-electron chi connectivity index (χ0n) is 17.7. The molecule has 9 heteroatoms. The lowest BCUT2D eigenvalue weighted by molar-refractivity contribution is -0.145. The van der Waals surface area contributed by atoms with Crippen molar-refractivity contribution in [3.63, 3.8) is 0 Å². The van der Waals surface area contributed by atoms with E-state index in [1.807, 2.05) is 26.8 Å². The summed E-state index contributed by atoms with van der Waals surface area (Å²) >= 11 is 9.97. The summed E-state index contributed by atoms with van der Waals surface area (Å²) in [6, 6.07) is 11.0. The van der Waals surface area contributed by atoms with Crippen molar-refractivity contribution in [3.05, 3.63) is 63.0 Å². The molecular weight excluding hydrogens is 514 g/mol. The molecule has 1 fully saturated rings. The number of halogens is 1. The predicted octanol–water partition coefficient (Wildman–Crippen LogP) is 5.66. The SMILES string of the molecule is CCOc1cc(/C=C2\SC(=S)N(C(C(=O)O)c3ccccc3)C2=O)cc(Br)c1OC(C)C. The summed E-state index contributed by atoms with van der Waals surface area (Å²) in [5, 5.41) is 9.81. The van der Waals surface area contributed by atoms with Gasteiger partial charge < -0.3 is 14.6 Å². The zero-order chi connectivity index (χ0) is 23.4. The molecule has 0 aromatic heterocycles. The van der Waals surface area contributed by atoms with E-state index in [4.69, 9.17) is 21.7 Å². The normalized spacial score (nSPS) is 16.0. The molecule has 6 nitrogen and oxygen atoms in total. The number of hydrogen-bond acceptors (Lipinski definition) is 6. The molecule has 1 amide bonds. The van der Waals surface area contributed by atoms with E-state index in [1.165, 1.54) is 0 Å². The Kier molecular flexibility index (Phi) is 7.97. The fraction of sp³-hybridized carbons (Fsp3) is 0.261. The fourth-order valence-corrected chi connectivity index (χ4v) is 5.04. The minimum Gasteiger partial charge on any atom is -0.490 e. The standard InChI is InChI=1S/C23H22BrNO5S2/c1-4-29-17-11-14(10-16(24)20(17)30-13(2)3)12-18-21(26)25(23(31)32-18)19(22(27)28)15-8-6-5-7-9-15/h5-13,19H,4H2,1-3H3,(H,27,28)/b18-12-. The number of amides is 1. The van der Waals surface area contributed by atoms with Crippen molar-refractivity contribution >= 4 is 62.2 Å². The third-order valence-corrected chi connectivity index (χ3v) is 6.33. The van der Waals surface area contributed by atoms with E-state index in [-0.39, 0.29) is 10.4 Å². The first kappa shape index (κ1) is 24.3. The molecule has 1 unspecified atom stereocenters. The van der Waals surface area contributed by atoms with Gasteiger partial charge in [-0.15, -0.1) is 0 Å². The van der Waals surface area contributed by atoms with Crippen LogP contribution in [-0.4, -0.2) is 38.9 Å². The van der Waals surface area contributed by atoms with Gasteiger partial charge in [-0.1, -0.05) is 54.3 Å². The van der Waals surface area contributed by atoms with Crippen molar-refractivity contribution in [1.82, 2.24) is 4.90 Å². The van der Waals surface area contributed by atoms with Crippen LogP contribution >= 0.6 is 39.9 Å². The number of carbonyl (C=O) groups is 2. The van der Waals surface area contributed by atoms with Gasteiger partial charge in [0.2, 0.25) is 0 Å². The third-order valence-electron chi connectivity index (χ3n) is 4.41. The number of benzene rings is 2. The summed E-state index contributed by atoms with van der Waals surface area (Å²) in [6.45, 7) is 6.17. The number of rotatable bonds is 8. The second-order valence-electron chi connectivity index (χ2n) is 7.13. The van der Waals surface area contributed by atoms with Crippen LogP contribution in [0.4, 0.5) is 0 Å².